The van der Waals surface area contributed by atoms with Gasteiger partial charge in [0.15, 0.2) is 0 Å². The Morgan fingerprint density at radius 2 is 1.70 bits per heavy atom. The van der Waals surface area contributed by atoms with Crippen molar-refractivity contribution in [1.82, 2.24) is 14.5 Å². The van der Waals surface area contributed by atoms with Crippen LogP contribution in [0.3, 0.4) is 0 Å². The van der Waals surface area contributed by atoms with Gasteiger partial charge in [0.2, 0.25) is 0 Å². The van der Waals surface area contributed by atoms with E-state index in [9.17, 15) is 9.59 Å². The maximum atomic E-state index is 12.3. The lowest BCUT2D eigenvalue weighted by molar-refractivity contribution is 0.0951. The van der Waals surface area contributed by atoms with Gasteiger partial charge in [0.05, 0.1) is 11.0 Å². The Balaban J connectivity index is 1.75. The minimum Gasteiger partial charge on any atom is -0.350 e. The summed E-state index contributed by atoms with van der Waals surface area (Å²) in [6, 6.07) is 15.1. The molecule has 0 aliphatic carbocycles. The Kier molecular flexibility index (Phi) is 4.02. The summed E-state index contributed by atoms with van der Waals surface area (Å²) in [7, 11) is 1.76. The first-order valence-electron chi connectivity index (χ1n) is 7.57. The highest BCUT2D eigenvalue weighted by atomic mass is 16.2. The lowest BCUT2D eigenvalue weighted by Crippen LogP contribution is -2.31. The monoisotopic (exact) mass is 309 g/mol. The van der Waals surface area contributed by atoms with Crippen LogP contribution in [0.2, 0.25) is 0 Å². The quantitative estimate of drug-likeness (QED) is 0.802. The number of aryl methyl sites for hydroxylation is 2. The van der Waals surface area contributed by atoms with Crippen LogP contribution in [0.25, 0.3) is 11.0 Å². The summed E-state index contributed by atoms with van der Waals surface area (Å²) >= 11 is 0. The molecule has 5 heteroatoms. The zero-order valence-electron chi connectivity index (χ0n) is 13.2. The third-order valence-electron chi connectivity index (χ3n) is 4.06. The number of aromatic nitrogens is 2. The van der Waals surface area contributed by atoms with Crippen molar-refractivity contribution in [3.8, 4) is 0 Å². The van der Waals surface area contributed by atoms with Gasteiger partial charge in [-0.05, 0) is 30.7 Å². The highest BCUT2D eigenvalue weighted by Crippen LogP contribution is 2.11. The van der Waals surface area contributed by atoms with Crippen LogP contribution in [-0.2, 0) is 13.6 Å². The number of benzene rings is 2. The molecule has 3 aromatic rings. The Morgan fingerprint density at radius 3 is 2.43 bits per heavy atom. The summed E-state index contributed by atoms with van der Waals surface area (Å²) in [4.78, 5) is 24.5. The molecule has 1 aromatic heterocycles. The molecule has 0 atom stereocenters. The number of hydrogen-bond donors (Lipinski definition) is 1. The summed E-state index contributed by atoms with van der Waals surface area (Å²) in [6.07, 6.45) is 0. The third-order valence-corrected chi connectivity index (χ3v) is 4.06. The summed E-state index contributed by atoms with van der Waals surface area (Å²) in [5, 5.41) is 2.88. The molecule has 118 valence electrons. The molecule has 0 saturated heterocycles. The van der Waals surface area contributed by atoms with Gasteiger partial charge >= 0.3 is 5.69 Å². The maximum Gasteiger partial charge on any atom is 0.328 e. The molecule has 1 heterocycles. The molecule has 0 aliphatic heterocycles. The van der Waals surface area contributed by atoms with E-state index in [4.69, 9.17) is 0 Å². The van der Waals surface area contributed by atoms with Crippen molar-refractivity contribution in [2.45, 2.75) is 13.5 Å². The van der Waals surface area contributed by atoms with Crippen LogP contribution in [0.4, 0.5) is 0 Å². The van der Waals surface area contributed by atoms with Crippen LogP contribution in [0.5, 0.6) is 0 Å². The normalized spacial score (nSPS) is 10.9. The second-order valence-electron chi connectivity index (χ2n) is 5.55. The molecule has 0 aliphatic rings. The Bertz CT molecular complexity index is 921. The molecule has 5 nitrogen and oxygen atoms in total. The highest BCUT2D eigenvalue weighted by molar-refractivity contribution is 5.95. The number of carbonyl (C=O) groups excluding carboxylic acids is 1. The van der Waals surface area contributed by atoms with Crippen molar-refractivity contribution in [2.75, 3.05) is 6.54 Å². The lowest BCUT2D eigenvalue weighted by atomic mass is 10.1. The van der Waals surface area contributed by atoms with Crippen LogP contribution in [0.1, 0.15) is 15.9 Å². The van der Waals surface area contributed by atoms with E-state index in [1.54, 1.807) is 22.2 Å². The van der Waals surface area contributed by atoms with E-state index in [1.807, 2.05) is 49.4 Å². The molecule has 0 bridgehead atoms. The van der Waals surface area contributed by atoms with Crippen molar-refractivity contribution < 1.29 is 4.79 Å². The zero-order chi connectivity index (χ0) is 16.4. The maximum absolute atomic E-state index is 12.3. The van der Waals surface area contributed by atoms with Gasteiger partial charge in [0.25, 0.3) is 5.91 Å². The first-order valence-corrected chi connectivity index (χ1v) is 7.57. The SMILES string of the molecule is Cc1ccccc1C(=O)NCCn1c(=O)n(C)c2ccccc21. The first kappa shape index (κ1) is 15.1. The number of fused-ring (bicyclic) bond motifs is 1. The van der Waals surface area contributed by atoms with Gasteiger partial charge in [-0.15, -0.1) is 0 Å². The van der Waals surface area contributed by atoms with Crippen molar-refractivity contribution in [3.05, 3.63) is 70.1 Å². The number of nitrogens with zero attached hydrogens (tertiary/aromatic N) is 2. The minimum atomic E-state index is -0.114. The second kappa shape index (κ2) is 6.12. The zero-order valence-corrected chi connectivity index (χ0v) is 13.2. The fraction of sp³-hybridized carbons (Fsp3) is 0.222. The molecule has 0 fully saturated rings. The van der Waals surface area contributed by atoms with Crippen molar-refractivity contribution in [1.29, 1.82) is 0 Å². The molecule has 1 N–H and O–H groups in total. The van der Waals surface area contributed by atoms with Crippen molar-refractivity contribution in [2.24, 2.45) is 7.05 Å². The van der Waals surface area contributed by atoms with Crippen LogP contribution < -0.4 is 11.0 Å². The molecule has 0 saturated carbocycles. The van der Waals surface area contributed by atoms with Crippen molar-refractivity contribution >= 4 is 16.9 Å². The van der Waals surface area contributed by atoms with Gasteiger partial charge in [-0.3, -0.25) is 13.9 Å². The van der Waals surface area contributed by atoms with E-state index >= 15 is 0 Å². The van der Waals surface area contributed by atoms with E-state index in [0.29, 0.717) is 18.7 Å². The average Bonchev–Trinajstić information content (AvgIpc) is 2.80. The Morgan fingerprint density at radius 1 is 1.04 bits per heavy atom. The van der Waals surface area contributed by atoms with Crippen molar-refractivity contribution in [3.63, 3.8) is 0 Å². The van der Waals surface area contributed by atoms with Gasteiger partial charge in [-0.25, -0.2) is 4.79 Å². The Hall–Kier alpha value is -2.82. The van der Waals surface area contributed by atoms with Gasteiger partial charge < -0.3 is 5.32 Å². The number of carbonyl (C=O) groups is 1. The predicted octanol–water partition coefficient (Wildman–Crippen LogP) is 2.08. The van der Waals surface area contributed by atoms with Gasteiger partial charge in [0.1, 0.15) is 0 Å². The van der Waals surface area contributed by atoms with Crippen LogP contribution in [0, 0.1) is 6.92 Å². The Labute approximate surface area is 134 Å². The van der Waals surface area contributed by atoms with Gasteiger partial charge in [0, 0.05) is 25.7 Å². The summed E-state index contributed by atoms with van der Waals surface area (Å²) < 4.78 is 3.31. The number of amides is 1. The first-order chi connectivity index (χ1) is 11.1. The minimum absolute atomic E-state index is 0.0728. The number of rotatable bonds is 4. The summed E-state index contributed by atoms with van der Waals surface area (Å²) in [5.74, 6) is -0.114. The average molecular weight is 309 g/mol. The van der Waals surface area contributed by atoms with E-state index in [0.717, 1.165) is 16.6 Å². The molecule has 3 rings (SSSR count). The van der Waals surface area contributed by atoms with Gasteiger partial charge in [-0.1, -0.05) is 30.3 Å². The molecule has 1 amide bonds. The molecule has 0 spiro atoms. The summed E-state index contributed by atoms with van der Waals surface area (Å²) in [6.45, 7) is 2.75. The van der Waals surface area contributed by atoms with E-state index in [-0.39, 0.29) is 11.6 Å². The molecule has 0 radical (unpaired) electrons. The second-order valence-corrected chi connectivity index (χ2v) is 5.55. The van der Waals surface area contributed by atoms with Crippen LogP contribution >= 0.6 is 0 Å². The fourth-order valence-electron chi connectivity index (χ4n) is 2.78. The number of para-hydroxylation sites is 2. The molecular weight excluding hydrogens is 290 g/mol. The van der Waals surface area contributed by atoms with E-state index in [1.165, 1.54) is 0 Å². The van der Waals surface area contributed by atoms with Crippen LogP contribution in [-0.4, -0.2) is 21.6 Å². The molecule has 0 unspecified atom stereocenters. The largest absolute Gasteiger partial charge is 0.350 e. The standard InChI is InChI=1S/C18H19N3O2/c1-13-7-3-4-8-14(13)17(22)19-11-12-21-16-10-6-5-9-15(16)20(2)18(21)23/h3-10H,11-12H2,1-2H3,(H,19,22). The lowest BCUT2D eigenvalue weighted by Gasteiger charge is -2.08. The molecule has 2 aromatic carbocycles. The van der Waals surface area contributed by atoms with E-state index in [2.05, 4.69) is 5.32 Å². The number of hydrogen-bond acceptors (Lipinski definition) is 2. The molecule has 23 heavy (non-hydrogen) atoms. The summed E-state index contributed by atoms with van der Waals surface area (Å²) in [5.41, 5.74) is 3.30. The molecular formula is C18H19N3O2. The predicted molar refractivity (Wildman–Crippen MR) is 90.7 cm³/mol. The highest BCUT2D eigenvalue weighted by Gasteiger charge is 2.11. The third kappa shape index (κ3) is 2.77. The van der Waals surface area contributed by atoms with Gasteiger partial charge in [-0.2, -0.15) is 0 Å². The fourth-order valence-corrected chi connectivity index (χ4v) is 2.78. The van der Waals surface area contributed by atoms with E-state index < -0.39 is 0 Å². The topological polar surface area (TPSA) is 56.0 Å². The smallest absolute Gasteiger partial charge is 0.328 e. The van der Waals surface area contributed by atoms with Crippen LogP contribution in [0.15, 0.2) is 53.3 Å². The number of nitrogens with one attached hydrogen (secondary N) is 1. The number of imidazole rings is 1.